The summed E-state index contributed by atoms with van der Waals surface area (Å²) < 4.78 is 6.03. The van der Waals surface area contributed by atoms with Crippen LogP contribution in [0.1, 0.15) is 36.7 Å². The fourth-order valence-corrected chi connectivity index (χ4v) is 3.57. The Morgan fingerprint density at radius 1 is 1.50 bits per heavy atom. The van der Waals surface area contributed by atoms with Gasteiger partial charge in [-0.3, -0.25) is 0 Å². The molecule has 0 spiro atoms. The number of anilines is 1. The molecule has 4 nitrogen and oxygen atoms in total. The summed E-state index contributed by atoms with van der Waals surface area (Å²) in [6.45, 7) is 4.40. The van der Waals surface area contributed by atoms with Crippen LogP contribution in [-0.4, -0.2) is 45.2 Å². The van der Waals surface area contributed by atoms with Crippen molar-refractivity contribution in [1.29, 1.82) is 0 Å². The monoisotopic (exact) mass is 288 g/mol. The predicted octanol–water partition coefficient (Wildman–Crippen LogP) is 1.31. The first-order valence-corrected chi connectivity index (χ1v) is 7.53. The second-order valence-electron chi connectivity index (χ2n) is 3.78. The Labute approximate surface area is 101 Å². The SMILES string of the molecule is CCOC(=O)c1c[se]c(N2CCCCC2)n1. The number of nitrogens with zero attached hydrogens (tertiary/aromatic N) is 2. The molecule has 2 heterocycles. The molecule has 88 valence electrons. The van der Waals surface area contributed by atoms with Gasteiger partial charge >= 0.3 is 101 Å². The zero-order valence-corrected chi connectivity index (χ0v) is 11.2. The van der Waals surface area contributed by atoms with Gasteiger partial charge in [-0.25, -0.2) is 0 Å². The van der Waals surface area contributed by atoms with E-state index in [0.717, 1.165) is 17.8 Å². The number of carbonyl (C=O) groups excluding carboxylic acids is 1. The van der Waals surface area contributed by atoms with E-state index >= 15 is 0 Å². The molecule has 0 amide bonds. The summed E-state index contributed by atoms with van der Waals surface area (Å²) in [4.78, 5) is 20.1. The second-order valence-corrected chi connectivity index (χ2v) is 5.54. The van der Waals surface area contributed by atoms with Crippen molar-refractivity contribution in [2.24, 2.45) is 0 Å². The zero-order chi connectivity index (χ0) is 11.4. The summed E-state index contributed by atoms with van der Waals surface area (Å²) in [5.74, 6) is -0.281. The molecule has 1 fully saturated rings. The van der Waals surface area contributed by atoms with Crippen LogP contribution in [0.2, 0.25) is 0 Å². The van der Waals surface area contributed by atoms with E-state index in [1.165, 1.54) is 19.3 Å². The van der Waals surface area contributed by atoms with Crippen LogP contribution >= 0.6 is 0 Å². The summed E-state index contributed by atoms with van der Waals surface area (Å²) in [7, 11) is 0. The van der Waals surface area contributed by atoms with Gasteiger partial charge in [-0.1, -0.05) is 0 Å². The molecule has 0 N–H and O–H groups in total. The van der Waals surface area contributed by atoms with E-state index in [1.807, 2.05) is 11.9 Å². The minimum atomic E-state index is -0.281. The van der Waals surface area contributed by atoms with Gasteiger partial charge in [0, 0.05) is 0 Å². The molecule has 0 unspecified atom stereocenters. The summed E-state index contributed by atoms with van der Waals surface area (Å²) in [5, 5.41) is 0. The van der Waals surface area contributed by atoms with Gasteiger partial charge < -0.3 is 0 Å². The molecular weight excluding hydrogens is 271 g/mol. The van der Waals surface area contributed by atoms with Crippen molar-refractivity contribution >= 4 is 25.2 Å². The van der Waals surface area contributed by atoms with Crippen molar-refractivity contribution in [2.45, 2.75) is 26.2 Å². The van der Waals surface area contributed by atoms with Gasteiger partial charge in [-0.15, -0.1) is 0 Å². The molecule has 0 radical (unpaired) electrons. The van der Waals surface area contributed by atoms with Crippen molar-refractivity contribution < 1.29 is 9.53 Å². The number of esters is 1. The Morgan fingerprint density at radius 2 is 2.25 bits per heavy atom. The minimum absolute atomic E-state index is 0.208. The molecule has 5 heteroatoms. The van der Waals surface area contributed by atoms with Crippen LogP contribution in [0.15, 0.2) is 4.94 Å². The van der Waals surface area contributed by atoms with Crippen molar-refractivity contribution in [3.05, 3.63) is 10.6 Å². The molecule has 0 bridgehead atoms. The quantitative estimate of drug-likeness (QED) is 0.621. The third-order valence-corrected chi connectivity index (χ3v) is 4.49. The normalized spacial score (nSPS) is 16.2. The van der Waals surface area contributed by atoms with E-state index in [9.17, 15) is 4.79 Å². The summed E-state index contributed by atoms with van der Waals surface area (Å²) in [6, 6.07) is 0. The summed E-state index contributed by atoms with van der Waals surface area (Å²) in [5.41, 5.74) is 0.502. The first-order valence-electron chi connectivity index (χ1n) is 5.69. The third-order valence-electron chi connectivity index (χ3n) is 2.60. The average molecular weight is 287 g/mol. The molecule has 0 aromatic carbocycles. The van der Waals surface area contributed by atoms with Gasteiger partial charge in [-0.05, 0) is 0 Å². The predicted molar refractivity (Wildman–Crippen MR) is 63.2 cm³/mol. The molecule has 2 rings (SSSR count). The summed E-state index contributed by atoms with van der Waals surface area (Å²) >= 11 is 0.208. The van der Waals surface area contributed by atoms with Gasteiger partial charge in [-0.2, -0.15) is 0 Å². The fourth-order valence-electron chi connectivity index (χ4n) is 1.79. The molecule has 1 aromatic heterocycles. The Kier molecular flexibility index (Phi) is 4.02. The van der Waals surface area contributed by atoms with Crippen LogP contribution in [0, 0.1) is 0 Å². The second kappa shape index (κ2) is 5.50. The van der Waals surface area contributed by atoms with Crippen molar-refractivity contribution in [2.75, 3.05) is 24.6 Å². The number of ether oxygens (including phenoxy) is 1. The van der Waals surface area contributed by atoms with Crippen LogP contribution < -0.4 is 4.90 Å². The Bertz CT molecular complexity index is 359. The first-order chi connectivity index (χ1) is 7.81. The molecule has 0 saturated carbocycles. The van der Waals surface area contributed by atoms with Crippen molar-refractivity contribution in [3.8, 4) is 0 Å². The number of piperidine rings is 1. The van der Waals surface area contributed by atoms with Crippen LogP contribution in [0.4, 0.5) is 4.69 Å². The van der Waals surface area contributed by atoms with Crippen molar-refractivity contribution in [3.63, 3.8) is 0 Å². The zero-order valence-electron chi connectivity index (χ0n) is 9.44. The van der Waals surface area contributed by atoms with Gasteiger partial charge in [0.15, 0.2) is 0 Å². The first kappa shape index (κ1) is 11.7. The Hall–Kier alpha value is -0.801. The molecule has 16 heavy (non-hydrogen) atoms. The van der Waals surface area contributed by atoms with Gasteiger partial charge in [0.2, 0.25) is 0 Å². The average Bonchev–Trinajstić information content (AvgIpc) is 2.80. The van der Waals surface area contributed by atoms with Crippen LogP contribution in [-0.2, 0) is 4.74 Å². The molecular formula is C11H16N2O2Se. The van der Waals surface area contributed by atoms with E-state index in [0.29, 0.717) is 12.3 Å². The molecule has 0 atom stereocenters. The Balaban J connectivity index is 2.03. The molecule has 1 saturated heterocycles. The van der Waals surface area contributed by atoms with E-state index in [1.54, 1.807) is 0 Å². The number of hydrogen-bond acceptors (Lipinski definition) is 4. The van der Waals surface area contributed by atoms with Crippen LogP contribution in [0.3, 0.4) is 0 Å². The number of hydrogen-bond donors (Lipinski definition) is 0. The van der Waals surface area contributed by atoms with E-state index in [2.05, 4.69) is 9.88 Å². The molecule has 0 aliphatic carbocycles. The van der Waals surface area contributed by atoms with Gasteiger partial charge in [0.25, 0.3) is 0 Å². The fraction of sp³-hybridized carbons (Fsp3) is 0.636. The van der Waals surface area contributed by atoms with Crippen molar-refractivity contribution in [1.82, 2.24) is 4.98 Å². The standard InChI is InChI=1S/C11H16N2O2Se/c1-2-15-10(14)9-8-16-11(12-9)13-6-4-3-5-7-13/h8H,2-7H2,1H3. The topological polar surface area (TPSA) is 42.4 Å². The molecule has 1 aromatic rings. The van der Waals surface area contributed by atoms with Crippen LogP contribution in [0.25, 0.3) is 0 Å². The maximum absolute atomic E-state index is 11.5. The number of carbonyl (C=O) groups is 1. The van der Waals surface area contributed by atoms with Gasteiger partial charge in [0.1, 0.15) is 0 Å². The number of aromatic nitrogens is 1. The molecule has 1 aliphatic rings. The Morgan fingerprint density at radius 3 is 2.94 bits per heavy atom. The van der Waals surface area contributed by atoms with E-state index in [-0.39, 0.29) is 20.5 Å². The summed E-state index contributed by atoms with van der Waals surface area (Å²) in [6.07, 6.45) is 3.79. The van der Waals surface area contributed by atoms with Crippen LogP contribution in [0.5, 0.6) is 0 Å². The third kappa shape index (κ3) is 2.66. The van der Waals surface area contributed by atoms with E-state index in [4.69, 9.17) is 4.74 Å². The van der Waals surface area contributed by atoms with Gasteiger partial charge in [0.05, 0.1) is 0 Å². The number of rotatable bonds is 3. The maximum atomic E-state index is 11.5. The molecule has 1 aliphatic heterocycles. The van der Waals surface area contributed by atoms with E-state index < -0.39 is 0 Å².